The number of rotatable bonds is 6. The van der Waals surface area contributed by atoms with Crippen molar-refractivity contribution >= 4 is 22.5 Å². The lowest BCUT2D eigenvalue weighted by Crippen LogP contribution is -2.54. The van der Waals surface area contributed by atoms with Crippen molar-refractivity contribution in [3.63, 3.8) is 0 Å². The highest BCUT2D eigenvalue weighted by molar-refractivity contribution is 5.95. The molecule has 0 bridgehead atoms. The standard InChI is InChI=1S/C26H29N5O/c1-18-13-21(30-26(32)23(28-2)14-19-7-4-3-5-8-19)17-31(16-18)24-11-10-20(15-27)25-22(24)9-6-12-29-25/h3-12,18,21,23,28H,13-14,16-17H2,1-2H3,(H,30,32)/t18-,21+,23?/m0/s1. The van der Waals surface area contributed by atoms with Gasteiger partial charge in [-0.15, -0.1) is 0 Å². The van der Waals surface area contributed by atoms with Crippen LogP contribution in [0.4, 0.5) is 5.69 Å². The van der Waals surface area contributed by atoms with Crippen molar-refractivity contribution in [2.75, 3.05) is 25.0 Å². The first-order chi connectivity index (χ1) is 15.6. The maximum atomic E-state index is 13.1. The molecule has 1 aromatic heterocycles. The summed E-state index contributed by atoms with van der Waals surface area (Å²) in [4.78, 5) is 19.8. The summed E-state index contributed by atoms with van der Waals surface area (Å²) in [7, 11) is 1.83. The molecule has 1 unspecified atom stereocenters. The number of amides is 1. The van der Waals surface area contributed by atoms with Gasteiger partial charge in [-0.2, -0.15) is 5.26 Å². The first-order valence-corrected chi connectivity index (χ1v) is 11.1. The molecule has 2 N–H and O–H groups in total. The number of hydrogen-bond acceptors (Lipinski definition) is 5. The van der Waals surface area contributed by atoms with Crippen LogP contribution in [0.2, 0.25) is 0 Å². The number of carbonyl (C=O) groups excluding carboxylic acids is 1. The van der Waals surface area contributed by atoms with Gasteiger partial charge < -0.3 is 15.5 Å². The molecule has 1 aliphatic rings. The molecule has 2 aromatic carbocycles. The van der Waals surface area contributed by atoms with Crippen LogP contribution in [0.3, 0.4) is 0 Å². The number of pyridine rings is 1. The predicted octanol–water partition coefficient (Wildman–Crippen LogP) is 3.27. The molecule has 6 heteroatoms. The number of anilines is 1. The average molecular weight is 428 g/mol. The Labute approximate surface area is 189 Å². The highest BCUT2D eigenvalue weighted by atomic mass is 16.2. The van der Waals surface area contributed by atoms with Crippen molar-refractivity contribution in [3.05, 3.63) is 71.9 Å². The van der Waals surface area contributed by atoms with Gasteiger partial charge in [0.05, 0.1) is 17.1 Å². The van der Waals surface area contributed by atoms with Gasteiger partial charge in [0.2, 0.25) is 5.91 Å². The van der Waals surface area contributed by atoms with Crippen LogP contribution in [0, 0.1) is 17.2 Å². The Bertz CT molecular complexity index is 1120. The molecular weight excluding hydrogens is 398 g/mol. The van der Waals surface area contributed by atoms with Crippen molar-refractivity contribution in [1.82, 2.24) is 15.6 Å². The second-order valence-electron chi connectivity index (χ2n) is 8.63. The van der Waals surface area contributed by atoms with Gasteiger partial charge in [-0.25, -0.2) is 0 Å². The van der Waals surface area contributed by atoms with Crippen molar-refractivity contribution in [1.29, 1.82) is 5.26 Å². The van der Waals surface area contributed by atoms with Gasteiger partial charge in [0.25, 0.3) is 0 Å². The molecule has 0 aliphatic carbocycles. The zero-order chi connectivity index (χ0) is 22.5. The van der Waals surface area contributed by atoms with Crippen LogP contribution in [0.25, 0.3) is 10.9 Å². The summed E-state index contributed by atoms with van der Waals surface area (Å²) in [6.07, 6.45) is 3.32. The largest absolute Gasteiger partial charge is 0.369 e. The smallest absolute Gasteiger partial charge is 0.237 e. The van der Waals surface area contributed by atoms with E-state index in [2.05, 4.69) is 33.5 Å². The molecule has 6 nitrogen and oxygen atoms in total. The lowest BCUT2D eigenvalue weighted by Gasteiger charge is -2.39. The third-order valence-electron chi connectivity index (χ3n) is 6.16. The van der Waals surface area contributed by atoms with Gasteiger partial charge in [0.1, 0.15) is 6.07 Å². The van der Waals surface area contributed by atoms with E-state index < -0.39 is 0 Å². The second-order valence-corrected chi connectivity index (χ2v) is 8.63. The average Bonchev–Trinajstić information content (AvgIpc) is 2.82. The molecule has 3 atom stereocenters. The van der Waals surface area contributed by atoms with E-state index in [1.807, 2.05) is 61.6 Å². The van der Waals surface area contributed by atoms with Gasteiger partial charge in [-0.3, -0.25) is 9.78 Å². The Morgan fingerprint density at radius 2 is 2.00 bits per heavy atom. The Kier molecular flexibility index (Phi) is 6.67. The second kappa shape index (κ2) is 9.80. The third-order valence-corrected chi connectivity index (χ3v) is 6.16. The quantitative estimate of drug-likeness (QED) is 0.631. The zero-order valence-corrected chi connectivity index (χ0v) is 18.6. The summed E-state index contributed by atoms with van der Waals surface area (Å²) in [5, 5.41) is 16.9. The molecule has 32 heavy (non-hydrogen) atoms. The fraction of sp³-hybridized carbons (Fsp3) is 0.346. The normalized spacial score (nSPS) is 19.3. The predicted molar refractivity (Wildman–Crippen MR) is 127 cm³/mol. The van der Waals surface area contributed by atoms with Gasteiger partial charge in [-0.05, 0) is 55.6 Å². The number of hydrogen-bond donors (Lipinski definition) is 2. The van der Waals surface area contributed by atoms with E-state index in [0.717, 1.165) is 41.7 Å². The van der Waals surface area contributed by atoms with Crippen LogP contribution in [-0.2, 0) is 11.2 Å². The zero-order valence-electron chi connectivity index (χ0n) is 18.6. The molecule has 1 fully saturated rings. The van der Waals surface area contributed by atoms with E-state index in [1.165, 1.54) is 0 Å². The molecule has 4 rings (SSSR count). The number of fused-ring (bicyclic) bond motifs is 1. The molecule has 164 valence electrons. The van der Waals surface area contributed by atoms with Gasteiger partial charge >= 0.3 is 0 Å². The summed E-state index contributed by atoms with van der Waals surface area (Å²) < 4.78 is 0. The minimum absolute atomic E-state index is 0.0294. The molecule has 3 aromatic rings. The molecular formula is C26H29N5O. The summed E-state index contributed by atoms with van der Waals surface area (Å²) in [5.41, 5.74) is 3.51. The van der Waals surface area contributed by atoms with E-state index >= 15 is 0 Å². The molecule has 0 spiro atoms. The first-order valence-electron chi connectivity index (χ1n) is 11.1. The molecule has 0 saturated carbocycles. The van der Waals surface area contributed by atoms with Crippen LogP contribution in [-0.4, -0.2) is 43.1 Å². The van der Waals surface area contributed by atoms with Crippen LogP contribution in [0.1, 0.15) is 24.5 Å². The number of nitriles is 1. The van der Waals surface area contributed by atoms with Crippen LogP contribution >= 0.6 is 0 Å². The number of nitrogens with one attached hydrogen (secondary N) is 2. The van der Waals surface area contributed by atoms with Gasteiger partial charge in [0, 0.05) is 36.4 Å². The lowest BCUT2D eigenvalue weighted by molar-refractivity contribution is -0.123. The van der Waals surface area contributed by atoms with E-state index in [4.69, 9.17) is 0 Å². The Morgan fingerprint density at radius 3 is 2.75 bits per heavy atom. The summed E-state index contributed by atoms with van der Waals surface area (Å²) in [6.45, 7) is 3.85. The van der Waals surface area contributed by atoms with Crippen LogP contribution < -0.4 is 15.5 Å². The molecule has 1 saturated heterocycles. The molecule has 1 aliphatic heterocycles. The number of likely N-dealkylation sites (N-methyl/N-ethyl adjacent to an activating group) is 1. The van der Waals surface area contributed by atoms with Crippen LogP contribution in [0.15, 0.2) is 60.8 Å². The van der Waals surface area contributed by atoms with Crippen molar-refractivity contribution < 1.29 is 4.79 Å². The number of carbonyl (C=O) groups is 1. The molecule has 0 radical (unpaired) electrons. The third kappa shape index (κ3) is 4.74. The Balaban J connectivity index is 1.51. The highest BCUT2D eigenvalue weighted by Gasteiger charge is 2.29. The van der Waals surface area contributed by atoms with Crippen molar-refractivity contribution in [2.24, 2.45) is 5.92 Å². The minimum atomic E-state index is -0.275. The summed E-state index contributed by atoms with van der Waals surface area (Å²) >= 11 is 0. The SMILES string of the molecule is CNC(Cc1ccccc1)C(=O)N[C@@H]1C[C@H](C)CN(c2ccc(C#N)c3ncccc23)C1. The van der Waals surface area contributed by atoms with E-state index in [0.29, 0.717) is 17.9 Å². The first kappa shape index (κ1) is 21.8. The number of nitrogens with zero attached hydrogens (tertiary/aromatic N) is 3. The number of piperidine rings is 1. The summed E-state index contributed by atoms with van der Waals surface area (Å²) in [5.74, 6) is 0.459. The van der Waals surface area contributed by atoms with E-state index in [-0.39, 0.29) is 18.0 Å². The summed E-state index contributed by atoms with van der Waals surface area (Å²) in [6, 6.07) is 19.9. The topological polar surface area (TPSA) is 81.0 Å². The monoisotopic (exact) mass is 427 g/mol. The molecule has 2 heterocycles. The maximum Gasteiger partial charge on any atom is 0.237 e. The van der Waals surface area contributed by atoms with Crippen molar-refractivity contribution in [2.45, 2.75) is 31.8 Å². The van der Waals surface area contributed by atoms with Crippen molar-refractivity contribution in [3.8, 4) is 6.07 Å². The Morgan fingerprint density at radius 1 is 1.19 bits per heavy atom. The Hall–Kier alpha value is -3.43. The maximum absolute atomic E-state index is 13.1. The number of benzene rings is 2. The fourth-order valence-electron chi connectivity index (χ4n) is 4.65. The van der Waals surface area contributed by atoms with Gasteiger partial charge in [-0.1, -0.05) is 37.3 Å². The van der Waals surface area contributed by atoms with Crippen LogP contribution in [0.5, 0.6) is 0 Å². The van der Waals surface area contributed by atoms with E-state index in [9.17, 15) is 10.1 Å². The fourth-order valence-corrected chi connectivity index (χ4v) is 4.65. The highest BCUT2D eigenvalue weighted by Crippen LogP contribution is 2.31. The molecule has 1 amide bonds. The lowest BCUT2D eigenvalue weighted by atomic mass is 9.94. The minimum Gasteiger partial charge on any atom is -0.369 e. The van der Waals surface area contributed by atoms with Gasteiger partial charge in [0.15, 0.2) is 0 Å². The number of aromatic nitrogens is 1. The van der Waals surface area contributed by atoms with E-state index in [1.54, 1.807) is 6.20 Å².